The van der Waals surface area contributed by atoms with E-state index in [1.807, 2.05) is 6.92 Å². The molecule has 0 saturated heterocycles. The molecule has 0 saturated carbocycles. The third-order valence-electron chi connectivity index (χ3n) is 3.21. The summed E-state index contributed by atoms with van der Waals surface area (Å²) < 4.78 is 14.4. The molecule has 2 aromatic rings. The van der Waals surface area contributed by atoms with Crippen LogP contribution in [0.1, 0.15) is 29.4 Å². The lowest BCUT2D eigenvalue weighted by atomic mass is 10.1. The maximum Gasteiger partial charge on any atom is 0.263 e. The first-order valence-electron chi connectivity index (χ1n) is 6.46. The second-order valence-corrected chi connectivity index (χ2v) is 5.60. The molecule has 1 atom stereocenters. The number of benzene rings is 1. The third-order valence-corrected chi connectivity index (χ3v) is 4.38. The molecule has 0 spiro atoms. The summed E-state index contributed by atoms with van der Waals surface area (Å²) in [4.78, 5) is 12.5. The molecule has 0 radical (unpaired) electrons. The molecule has 1 unspecified atom stereocenters. The van der Waals surface area contributed by atoms with Crippen LogP contribution in [0.2, 0.25) is 0 Å². The fourth-order valence-electron chi connectivity index (χ4n) is 2.08. The number of rotatable bonds is 5. The summed E-state index contributed by atoms with van der Waals surface area (Å²) in [5.41, 5.74) is 6.07. The first kappa shape index (κ1) is 14.7. The summed E-state index contributed by atoms with van der Waals surface area (Å²) in [6.07, 6.45) is 1.20. The minimum atomic E-state index is -0.419. The minimum absolute atomic E-state index is 0.00924. The summed E-state index contributed by atoms with van der Waals surface area (Å²) in [5.74, 6) is -0.735. The summed E-state index contributed by atoms with van der Waals surface area (Å²) >= 11 is 1.18. The van der Waals surface area contributed by atoms with Gasteiger partial charge in [0.2, 0.25) is 0 Å². The van der Waals surface area contributed by atoms with Crippen LogP contribution in [-0.4, -0.2) is 23.7 Å². The maximum absolute atomic E-state index is 13.7. The van der Waals surface area contributed by atoms with E-state index >= 15 is 0 Å². The fraction of sp³-hybridized carbons (Fsp3) is 0.357. The Hall–Kier alpha value is -1.66. The molecule has 20 heavy (non-hydrogen) atoms. The van der Waals surface area contributed by atoms with Gasteiger partial charge in [-0.2, -0.15) is 0 Å². The zero-order chi connectivity index (χ0) is 14.7. The second-order valence-electron chi connectivity index (χ2n) is 4.55. The Morgan fingerprint density at radius 1 is 1.55 bits per heavy atom. The summed E-state index contributed by atoms with van der Waals surface area (Å²) in [7, 11) is 0. The standard InChI is InChI=1S/C14H17FN2O2S/c1-2-8(6-7-18)17-14(19)13-12(16)11-9(15)4-3-5-10(11)20-13/h3-5,8,18H,2,6-7,16H2,1H3,(H,17,19). The molecule has 4 N–H and O–H groups in total. The van der Waals surface area contributed by atoms with E-state index in [0.29, 0.717) is 27.8 Å². The Balaban J connectivity index is 2.31. The Morgan fingerprint density at radius 3 is 2.90 bits per heavy atom. The van der Waals surface area contributed by atoms with Crippen LogP contribution in [-0.2, 0) is 0 Å². The molecular formula is C14H17FN2O2S. The predicted molar refractivity (Wildman–Crippen MR) is 79.4 cm³/mol. The SMILES string of the molecule is CCC(CCO)NC(=O)c1sc2cccc(F)c2c1N. The van der Waals surface area contributed by atoms with E-state index in [1.54, 1.807) is 12.1 Å². The molecule has 2 rings (SSSR count). The van der Waals surface area contributed by atoms with Gasteiger partial charge in [0.15, 0.2) is 0 Å². The van der Waals surface area contributed by atoms with Gasteiger partial charge in [0.25, 0.3) is 5.91 Å². The molecule has 1 heterocycles. The Bertz CT molecular complexity index is 627. The van der Waals surface area contributed by atoms with Crippen LogP contribution in [0.3, 0.4) is 0 Å². The molecule has 0 aliphatic rings. The summed E-state index contributed by atoms with van der Waals surface area (Å²) in [6.45, 7) is 1.93. The molecule has 0 aliphatic carbocycles. The number of halogens is 1. The van der Waals surface area contributed by atoms with Crippen molar-refractivity contribution in [2.45, 2.75) is 25.8 Å². The van der Waals surface area contributed by atoms with Crippen LogP contribution in [0.25, 0.3) is 10.1 Å². The molecule has 0 aliphatic heterocycles. The third kappa shape index (κ3) is 2.76. The highest BCUT2D eigenvalue weighted by molar-refractivity contribution is 7.21. The van der Waals surface area contributed by atoms with Crippen molar-refractivity contribution in [3.63, 3.8) is 0 Å². The Kier molecular flexibility index (Phi) is 4.57. The normalized spacial score (nSPS) is 12.6. The van der Waals surface area contributed by atoms with Crippen LogP contribution < -0.4 is 11.1 Å². The Morgan fingerprint density at radius 2 is 2.30 bits per heavy atom. The monoisotopic (exact) mass is 296 g/mol. The number of aliphatic hydroxyl groups is 1. The molecule has 4 nitrogen and oxygen atoms in total. The topological polar surface area (TPSA) is 75.3 Å². The van der Waals surface area contributed by atoms with Gasteiger partial charge in [-0.15, -0.1) is 11.3 Å². The number of nitrogen functional groups attached to an aromatic ring is 1. The number of nitrogens with two attached hydrogens (primary N) is 1. The van der Waals surface area contributed by atoms with Crippen molar-refractivity contribution in [2.24, 2.45) is 0 Å². The molecule has 0 fully saturated rings. The lowest BCUT2D eigenvalue weighted by Crippen LogP contribution is -2.34. The van der Waals surface area contributed by atoms with Crippen LogP contribution >= 0.6 is 11.3 Å². The quantitative estimate of drug-likeness (QED) is 0.793. The molecule has 1 aromatic carbocycles. The van der Waals surface area contributed by atoms with Crippen molar-refractivity contribution in [3.8, 4) is 0 Å². The van der Waals surface area contributed by atoms with Crippen molar-refractivity contribution in [3.05, 3.63) is 28.9 Å². The van der Waals surface area contributed by atoms with Crippen molar-refractivity contribution >= 4 is 33.0 Å². The smallest absolute Gasteiger partial charge is 0.263 e. The zero-order valence-corrected chi connectivity index (χ0v) is 12.0. The average Bonchev–Trinajstić information content (AvgIpc) is 2.77. The molecule has 6 heteroatoms. The highest BCUT2D eigenvalue weighted by Crippen LogP contribution is 2.35. The number of anilines is 1. The molecule has 0 bridgehead atoms. The number of hydrogen-bond acceptors (Lipinski definition) is 4. The van der Waals surface area contributed by atoms with Gasteiger partial charge in [0.1, 0.15) is 10.7 Å². The number of fused-ring (bicyclic) bond motifs is 1. The number of aliphatic hydroxyl groups excluding tert-OH is 1. The predicted octanol–water partition coefficient (Wildman–Crippen LogP) is 2.51. The number of amides is 1. The number of hydrogen-bond donors (Lipinski definition) is 3. The van der Waals surface area contributed by atoms with Crippen LogP contribution in [0.15, 0.2) is 18.2 Å². The van der Waals surface area contributed by atoms with Crippen molar-refractivity contribution in [2.75, 3.05) is 12.3 Å². The van der Waals surface area contributed by atoms with Crippen LogP contribution in [0.4, 0.5) is 10.1 Å². The average molecular weight is 296 g/mol. The molecule has 1 aromatic heterocycles. The molecular weight excluding hydrogens is 279 g/mol. The van der Waals surface area contributed by atoms with E-state index in [4.69, 9.17) is 10.8 Å². The van der Waals surface area contributed by atoms with Gasteiger partial charge >= 0.3 is 0 Å². The number of nitrogens with one attached hydrogen (secondary N) is 1. The van der Waals surface area contributed by atoms with Gasteiger partial charge in [0.05, 0.1) is 11.1 Å². The van der Waals surface area contributed by atoms with E-state index in [0.717, 1.165) is 0 Å². The van der Waals surface area contributed by atoms with Gasteiger partial charge in [-0.25, -0.2) is 4.39 Å². The van der Waals surface area contributed by atoms with E-state index in [-0.39, 0.29) is 24.2 Å². The van der Waals surface area contributed by atoms with Crippen molar-refractivity contribution < 1.29 is 14.3 Å². The van der Waals surface area contributed by atoms with E-state index in [1.165, 1.54) is 17.4 Å². The lowest BCUT2D eigenvalue weighted by Gasteiger charge is -2.15. The van der Waals surface area contributed by atoms with E-state index in [2.05, 4.69) is 5.32 Å². The van der Waals surface area contributed by atoms with Crippen molar-refractivity contribution in [1.29, 1.82) is 0 Å². The van der Waals surface area contributed by atoms with Crippen molar-refractivity contribution in [1.82, 2.24) is 5.32 Å². The molecule has 1 amide bonds. The first-order chi connectivity index (χ1) is 9.58. The van der Waals surface area contributed by atoms with E-state index in [9.17, 15) is 9.18 Å². The van der Waals surface area contributed by atoms with Gasteiger partial charge in [-0.1, -0.05) is 13.0 Å². The largest absolute Gasteiger partial charge is 0.397 e. The van der Waals surface area contributed by atoms with Gasteiger partial charge in [-0.3, -0.25) is 4.79 Å². The molecule has 108 valence electrons. The minimum Gasteiger partial charge on any atom is -0.397 e. The van der Waals surface area contributed by atoms with Crippen LogP contribution in [0, 0.1) is 5.82 Å². The summed E-state index contributed by atoms with van der Waals surface area (Å²) in [5, 5.41) is 12.1. The highest BCUT2D eigenvalue weighted by atomic mass is 32.1. The lowest BCUT2D eigenvalue weighted by molar-refractivity contribution is 0.0934. The highest BCUT2D eigenvalue weighted by Gasteiger charge is 2.20. The maximum atomic E-state index is 13.7. The van der Waals surface area contributed by atoms with Gasteiger partial charge < -0.3 is 16.2 Å². The second kappa shape index (κ2) is 6.19. The fourth-order valence-corrected chi connectivity index (χ4v) is 3.12. The number of carbonyl (C=O) groups excluding carboxylic acids is 1. The Labute approximate surface area is 120 Å². The van der Waals surface area contributed by atoms with Crippen LogP contribution in [0.5, 0.6) is 0 Å². The van der Waals surface area contributed by atoms with Gasteiger partial charge in [-0.05, 0) is 25.0 Å². The van der Waals surface area contributed by atoms with E-state index < -0.39 is 5.82 Å². The number of thiophene rings is 1. The zero-order valence-electron chi connectivity index (χ0n) is 11.1. The first-order valence-corrected chi connectivity index (χ1v) is 7.28. The number of carbonyl (C=O) groups is 1. The van der Waals surface area contributed by atoms with Gasteiger partial charge in [0, 0.05) is 17.3 Å². The summed E-state index contributed by atoms with van der Waals surface area (Å²) in [6, 6.07) is 4.55.